The van der Waals surface area contributed by atoms with Gasteiger partial charge in [0.2, 0.25) is 0 Å². The number of hydrogen-bond acceptors (Lipinski definition) is 7. The summed E-state index contributed by atoms with van der Waals surface area (Å²) in [6, 6.07) is 28.6. The Balaban J connectivity index is 1.62. The summed E-state index contributed by atoms with van der Waals surface area (Å²) in [5.41, 5.74) is 3.06. The molecule has 0 spiro atoms. The number of hydroxylamine groups is 2. The Bertz CT molecular complexity index is 1170. The van der Waals surface area contributed by atoms with E-state index in [2.05, 4.69) is 0 Å². The highest BCUT2D eigenvalue weighted by molar-refractivity contribution is 5.69. The summed E-state index contributed by atoms with van der Waals surface area (Å²) in [6.07, 6.45) is 2.82. The fraction of sp³-hybridized carbons (Fsp3) is 0.364. The first kappa shape index (κ1) is 29.6. The van der Waals surface area contributed by atoms with Crippen LogP contribution in [0.5, 0.6) is 0 Å². The first-order valence-electron chi connectivity index (χ1n) is 13.7. The van der Waals surface area contributed by atoms with Crippen LogP contribution in [0.2, 0.25) is 0 Å². The molecular weight excluding hydrogens is 506 g/mol. The molecule has 1 aliphatic heterocycles. The molecule has 7 heteroatoms. The molecule has 0 aliphatic carbocycles. The lowest BCUT2D eigenvalue weighted by atomic mass is 9.91. The Kier molecular flexibility index (Phi) is 11.5. The highest BCUT2D eigenvalue weighted by Gasteiger charge is 2.53. The highest BCUT2D eigenvalue weighted by atomic mass is 16.6. The molecule has 1 heterocycles. The second-order valence-corrected chi connectivity index (χ2v) is 9.93. The van der Waals surface area contributed by atoms with Gasteiger partial charge in [0.25, 0.3) is 0 Å². The quantitative estimate of drug-likeness (QED) is 0.210. The molecule has 40 heavy (non-hydrogen) atoms. The number of ether oxygens (including phenoxy) is 4. The molecule has 0 aromatic heterocycles. The Labute approximate surface area is 236 Å². The summed E-state index contributed by atoms with van der Waals surface area (Å²) >= 11 is 0. The van der Waals surface area contributed by atoms with E-state index in [4.69, 9.17) is 18.9 Å². The zero-order valence-electron chi connectivity index (χ0n) is 23.2. The average Bonchev–Trinajstić information content (AvgIpc) is 3.26. The van der Waals surface area contributed by atoms with E-state index < -0.39 is 24.3 Å². The van der Waals surface area contributed by atoms with Gasteiger partial charge in [0.15, 0.2) is 0 Å². The Morgan fingerprint density at radius 2 is 1.32 bits per heavy atom. The number of hydrogen-bond donors (Lipinski definition) is 1. The molecule has 1 aliphatic rings. The molecule has 0 unspecified atom stereocenters. The minimum Gasteiger partial charge on any atom is -0.469 e. The van der Waals surface area contributed by atoms with Gasteiger partial charge in [-0.1, -0.05) is 103 Å². The summed E-state index contributed by atoms with van der Waals surface area (Å²) in [6.45, 7) is 3.19. The Morgan fingerprint density at radius 3 is 1.82 bits per heavy atom. The molecule has 0 saturated carbocycles. The van der Waals surface area contributed by atoms with Crippen molar-refractivity contribution < 1.29 is 28.9 Å². The number of methoxy groups -OCH3 is 1. The van der Waals surface area contributed by atoms with Gasteiger partial charge in [0, 0.05) is 5.92 Å². The lowest BCUT2D eigenvalue weighted by Gasteiger charge is -2.30. The maximum absolute atomic E-state index is 12.4. The van der Waals surface area contributed by atoms with E-state index in [1.807, 2.05) is 110 Å². The summed E-state index contributed by atoms with van der Waals surface area (Å²) in [7, 11) is 1.37. The van der Waals surface area contributed by atoms with Crippen molar-refractivity contribution >= 4 is 5.97 Å². The van der Waals surface area contributed by atoms with Crippen molar-refractivity contribution in [2.75, 3.05) is 13.7 Å². The molecule has 3 aromatic carbocycles. The summed E-state index contributed by atoms with van der Waals surface area (Å²) in [5, 5.41) is 13.0. The molecule has 0 bridgehead atoms. The molecule has 5 atom stereocenters. The van der Waals surface area contributed by atoms with Crippen LogP contribution in [-0.4, -0.2) is 54.2 Å². The molecule has 0 radical (unpaired) electrons. The van der Waals surface area contributed by atoms with Gasteiger partial charge in [-0.3, -0.25) is 4.79 Å². The minimum absolute atomic E-state index is 0.0940. The van der Waals surface area contributed by atoms with Crippen molar-refractivity contribution in [2.24, 2.45) is 5.92 Å². The molecule has 4 rings (SSSR count). The number of carbonyl (C=O) groups excluding carboxylic acids is 1. The van der Waals surface area contributed by atoms with E-state index in [0.717, 1.165) is 16.7 Å². The third kappa shape index (κ3) is 8.10. The molecule has 1 saturated heterocycles. The number of allylic oxidation sites excluding steroid dienone is 1. The second-order valence-electron chi connectivity index (χ2n) is 9.93. The predicted octanol–water partition coefficient (Wildman–Crippen LogP) is 5.57. The Hall–Kier alpha value is -3.33. The monoisotopic (exact) mass is 545 g/mol. The lowest BCUT2D eigenvalue weighted by Crippen LogP contribution is -2.43. The predicted molar refractivity (Wildman–Crippen MR) is 152 cm³/mol. The van der Waals surface area contributed by atoms with Crippen molar-refractivity contribution in [2.45, 2.75) is 57.5 Å². The molecule has 0 amide bonds. The first-order valence-corrected chi connectivity index (χ1v) is 13.7. The third-order valence-corrected chi connectivity index (χ3v) is 7.16. The number of carbonyl (C=O) groups is 1. The van der Waals surface area contributed by atoms with Gasteiger partial charge in [-0.15, -0.1) is 0 Å². The lowest BCUT2D eigenvalue weighted by molar-refractivity contribution is -0.175. The van der Waals surface area contributed by atoms with E-state index in [9.17, 15) is 10.0 Å². The Morgan fingerprint density at radius 1 is 0.825 bits per heavy atom. The van der Waals surface area contributed by atoms with Gasteiger partial charge in [-0.2, -0.15) is 5.06 Å². The normalized spacial score (nSPS) is 22.0. The fourth-order valence-electron chi connectivity index (χ4n) is 5.18. The van der Waals surface area contributed by atoms with E-state index >= 15 is 0 Å². The van der Waals surface area contributed by atoms with Gasteiger partial charge < -0.3 is 24.2 Å². The van der Waals surface area contributed by atoms with Crippen LogP contribution in [0.15, 0.2) is 103 Å². The molecular formula is C33H39NO6. The van der Waals surface area contributed by atoms with Crippen molar-refractivity contribution in [1.82, 2.24) is 5.06 Å². The minimum atomic E-state index is -0.565. The van der Waals surface area contributed by atoms with Gasteiger partial charge in [0.05, 0.1) is 52.0 Å². The van der Waals surface area contributed by atoms with Gasteiger partial charge in [-0.25, -0.2) is 0 Å². The van der Waals surface area contributed by atoms with Crippen LogP contribution in [0, 0.1) is 5.92 Å². The summed E-state index contributed by atoms with van der Waals surface area (Å²) < 4.78 is 24.2. The topological polar surface area (TPSA) is 77.5 Å². The number of benzene rings is 3. The number of nitrogens with zero attached hydrogens (tertiary/aromatic N) is 1. The smallest absolute Gasteiger partial charge is 0.306 e. The fourth-order valence-corrected chi connectivity index (χ4v) is 5.18. The molecule has 1 N–H and O–H groups in total. The van der Waals surface area contributed by atoms with E-state index in [1.54, 1.807) is 0 Å². The number of rotatable bonds is 14. The molecule has 212 valence electrons. The van der Waals surface area contributed by atoms with E-state index in [1.165, 1.54) is 12.2 Å². The van der Waals surface area contributed by atoms with Gasteiger partial charge in [-0.05, 0) is 23.6 Å². The van der Waals surface area contributed by atoms with E-state index in [-0.39, 0.29) is 24.9 Å². The first-order chi connectivity index (χ1) is 19.6. The highest BCUT2D eigenvalue weighted by Crippen LogP contribution is 2.36. The third-order valence-electron chi connectivity index (χ3n) is 7.16. The van der Waals surface area contributed by atoms with Crippen molar-refractivity contribution in [3.8, 4) is 0 Å². The summed E-state index contributed by atoms with van der Waals surface area (Å²) in [4.78, 5) is 12.4. The van der Waals surface area contributed by atoms with Crippen LogP contribution >= 0.6 is 0 Å². The van der Waals surface area contributed by atoms with Crippen LogP contribution in [0.25, 0.3) is 0 Å². The standard InChI is InChI=1S/C33H39NO6/c1-3-13-28(20-30(35)37-2)31-33(40-23-27-18-11-6-12-19-27)32(39-22-26-16-9-5-10-17-26)29(34(31)36)24-38-21-25-14-7-4-8-15-25/h3-19,28-29,31-33,36H,20-24H2,1-2H3/b13-3+/t28-,29-,31-,32-,33-/m0/s1. The second kappa shape index (κ2) is 15.5. The molecule has 1 fully saturated rings. The van der Waals surface area contributed by atoms with Crippen molar-refractivity contribution in [3.63, 3.8) is 0 Å². The van der Waals surface area contributed by atoms with Crippen LogP contribution in [-0.2, 0) is 43.6 Å². The molecule has 7 nitrogen and oxygen atoms in total. The van der Waals surface area contributed by atoms with Crippen molar-refractivity contribution in [3.05, 3.63) is 120 Å². The van der Waals surface area contributed by atoms with Crippen LogP contribution in [0.3, 0.4) is 0 Å². The largest absolute Gasteiger partial charge is 0.469 e. The van der Waals surface area contributed by atoms with Crippen LogP contribution < -0.4 is 0 Å². The van der Waals surface area contributed by atoms with E-state index in [0.29, 0.717) is 19.8 Å². The van der Waals surface area contributed by atoms with Gasteiger partial charge in [0.1, 0.15) is 12.2 Å². The molecule has 3 aromatic rings. The van der Waals surface area contributed by atoms with Gasteiger partial charge >= 0.3 is 5.97 Å². The maximum Gasteiger partial charge on any atom is 0.306 e. The SMILES string of the molecule is C/C=C/[C@@H](CC(=O)OC)[C@H]1[C@H](OCc2ccccc2)[C@@H](OCc2ccccc2)[C@H](COCc2ccccc2)N1O. The summed E-state index contributed by atoms with van der Waals surface area (Å²) in [5.74, 6) is -0.728. The van der Waals surface area contributed by atoms with Crippen LogP contribution in [0.4, 0.5) is 0 Å². The maximum atomic E-state index is 12.4. The number of esters is 1. The zero-order valence-corrected chi connectivity index (χ0v) is 23.2. The average molecular weight is 546 g/mol. The van der Waals surface area contributed by atoms with Crippen molar-refractivity contribution in [1.29, 1.82) is 0 Å². The van der Waals surface area contributed by atoms with Crippen LogP contribution in [0.1, 0.15) is 30.0 Å². The zero-order chi connectivity index (χ0) is 28.2.